The summed E-state index contributed by atoms with van der Waals surface area (Å²) >= 11 is 0. The van der Waals surface area contributed by atoms with Crippen LogP contribution in [-0.2, 0) is 15.4 Å². The summed E-state index contributed by atoms with van der Waals surface area (Å²) in [7, 11) is -2.05. The van der Waals surface area contributed by atoms with Gasteiger partial charge in [-0.3, -0.25) is 0 Å². The minimum atomic E-state index is -3.62. The molecule has 6 heteroatoms. The zero-order chi connectivity index (χ0) is 20.2. The SMILES string of the molecule is COc1cc(C)c(S(=O)(=O)NCCOc2ccccc2C(C)(C)C)cc1C. The smallest absolute Gasteiger partial charge is 0.240 e. The highest BCUT2D eigenvalue weighted by Gasteiger charge is 2.20. The maximum Gasteiger partial charge on any atom is 0.240 e. The van der Waals surface area contributed by atoms with Crippen molar-refractivity contribution in [2.75, 3.05) is 20.3 Å². The molecule has 2 aromatic rings. The van der Waals surface area contributed by atoms with Crippen molar-refractivity contribution in [2.45, 2.75) is 44.9 Å². The number of para-hydroxylation sites is 1. The minimum Gasteiger partial charge on any atom is -0.496 e. The van der Waals surface area contributed by atoms with Crippen LogP contribution in [0.4, 0.5) is 0 Å². The standard InChI is InChI=1S/C21H29NO4S/c1-15-14-20(16(2)13-19(15)25-6)27(23,24)22-11-12-26-18-10-8-7-9-17(18)21(3,4)5/h7-10,13-14,22H,11-12H2,1-6H3. The van der Waals surface area contributed by atoms with Gasteiger partial charge in [0.25, 0.3) is 0 Å². The van der Waals surface area contributed by atoms with Gasteiger partial charge in [-0.15, -0.1) is 0 Å². The highest BCUT2D eigenvalue weighted by atomic mass is 32.2. The van der Waals surface area contributed by atoms with Crippen molar-refractivity contribution in [3.05, 3.63) is 53.1 Å². The van der Waals surface area contributed by atoms with Gasteiger partial charge >= 0.3 is 0 Å². The monoisotopic (exact) mass is 391 g/mol. The molecule has 148 valence electrons. The van der Waals surface area contributed by atoms with Crippen molar-refractivity contribution in [1.82, 2.24) is 4.72 Å². The fraction of sp³-hybridized carbons (Fsp3) is 0.429. The van der Waals surface area contributed by atoms with Crippen molar-refractivity contribution in [3.8, 4) is 11.5 Å². The third-order valence-electron chi connectivity index (χ3n) is 4.33. The Morgan fingerprint density at radius 2 is 1.67 bits per heavy atom. The van der Waals surface area contributed by atoms with E-state index in [0.717, 1.165) is 16.9 Å². The van der Waals surface area contributed by atoms with Gasteiger partial charge in [-0.2, -0.15) is 0 Å². The Labute approximate surface area is 162 Å². The molecular formula is C21H29NO4S. The first-order valence-corrected chi connectivity index (χ1v) is 10.4. The molecule has 0 saturated heterocycles. The number of hydrogen-bond donors (Lipinski definition) is 1. The zero-order valence-electron chi connectivity index (χ0n) is 16.9. The van der Waals surface area contributed by atoms with E-state index < -0.39 is 10.0 Å². The van der Waals surface area contributed by atoms with E-state index in [4.69, 9.17) is 9.47 Å². The first-order chi connectivity index (χ1) is 12.6. The number of rotatable bonds is 7. The summed E-state index contributed by atoms with van der Waals surface area (Å²) in [4.78, 5) is 0.260. The van der Waals surface area contributed by atoms with Gasteiger partial charge in [0.15, 0.2) is 0 Å². The van der Waals surface area contributed by atoms with E-state index in [0.29, 0.717) is 11.3 Å². The number of hydrogen-bond acceptors (Lipinski definition) is 4. The fourth-order valence-electron chi connectivity index (χ4n) is 2.90. The maximum absolute atomic E-state index is 12.6. The van der Waals surface area contributed by atoms with Gasteiger partial charge in [-0.05, 0) is 54.2 Å². The summed E-state index contributed by atoms with van der Waals surface area (Å²) in [5.74, 6) is 1.45. The Morgan fingerprint density at radius 1 is 1.00 bits per heavy atom. The van der Waals surface area contributed by atoms with Gasteiger partial charge in [-0.25, -0.2) is 13.1 Å². The quantitative estimate of drug-likeness (QED) is 0.726. The summed E-state index contributed by atoms with van der Waals surface area (Å²) in [6, 6.07) is 11.2. The number of nitrogens with one attached hydrogen (secondary N) is 1. The van der Waals surface area contributed by atoms with Crippen LogP contribution in [0.5, 0.6) is 11.5 Å². The molecule has 0 aliphatic rings. The molecule has 0 aliphatic heterocycles. The van der Waals surface area contributed by atoms with Crippen molar-refractivity contribution in [2.24, 2.45) is 0 Å². The molecule has 0 unspecified atom stereocenters. The third kappa shape index (κ3) is 5.23. The number of sulfonamides is 1. The summed E-state index contributed by atoms with van der Waals surface area (Å²) in [5, 5.41) is 0. The normalized spacial score (nSPS) is 12.1. The molecule has 27 heavy (non-hydrogen) atoms. The molecule has 0 aromatic heterocycles. The molecule has 0 heterocycles. The Morgan fingerprint density at radius 3 is 2.30 bits per heavy atom. The average Bonchev–Trinajstić information content (AvgIpc) is 2.59. The second-order valence-corrected chi connectivity index (χ2v) is 9.32. The minimum absolute atomic E-state index is 0.0478. The van der Waals surface area contributed by atoms with E-state index in [1.54, 1.807) is 26.2 Å². The zero-order valence-corrected chi connectivity index (χ0v) is 17.7. The van der Waals surface area contributed by atoms with Gasteiger partial charge < -0.3 is 9.47 Å². The maximum atomic E-state index is 12.6. The first-order valence-electron chi connectivity index (χ1n) is 8.93. The first kappa shape index (κ1) is 21.3. The fourth-order valence-corrected chi connectivity index (χ4v) is 4.22. The van der Waals surface area contributed by atoms with E-state index >= 15 is 0 Å². The van der Waals surface area contributed by atoms with Crippen LogP contribution < -0.4 is 14.2 Å². The predicted octanol–water partition coefficient (Wildman–Crippen LogP) is 3.97. The van der Waals surface area contributed by atoms with Crippen LogP contribution >= 0.6 is 0 Å². The molecule has 0 aliphatic carbocycles. The van der Waals surface area contributed by atoms with Gasteiger partial charge in [-0.1, -0.05) is 39.0 Å². The predicted molar refractivity (Wildman–Crippen MR) is 108 cm³/mol. The molecule has 0 atom stereocenters. The topological polar surface area (TPSA) is 64.6 Å². The Hall–Kier alpha value is -2.05. The molecule has 0 saturated carbocycles. The Bertz CT molecular complexity index is 899. The lowest BCUT2D eigenvalue weighted by Crippen LogP contribution is -2.29. The van der Waals surface area contributed by atoms with E-state index in [1.165, 1.54) is 0 Å². The Balaban J connectivity index is 2.05. The van der Waals surface area contributed by atoms with Crippen molar-refractivity contribution in [1.29, 1.82) is 0 Å². The molecular weight excluding hydrogens is 362 g/mol. The number of methoxy groups -OCH3 is 1. The highest BCUT2D eigenvalue weighted by Crippen LogP contribution is 2.31. The van der Waals surface area contributed by atoms with Gasteiger partial charge in [0.1, 0.15) is 18.1 Å². The molecule has 0 bridgehead atoms. The molecule has 2 rings (SSSR count). The highest BCUT2D eigenvalue weighted by molar-refractivity contribution is 7.89. The second-order valence-electron chi connectivity index (χ2n) is 7.58. The molecule has 0 spiro atoms. The lowest BCUT2D eigenvalue weighted by Gasteiger charge is -2.22. The van der Waals surface area contributed by atoms with Crippen LogP contribution in [0.2, 0.25) is 0 Å². The van der Waals surface area contributed by atoms with E-state index in [2.05, 4.69) is 25.5 Å². The van der Waals surface area contributed by atoms with Crippen LogP contribution in [0.3, 0.4) is 0 Å². The molecule has 0 amide bonds. The average molecular weight is 392 g/mol. The lowest BCUT2D eigenvalue weighted by atomic mass is 9.86. The number of aryl methyl sites for hydroxylation is 2. The van der Waals surface area contributed by atoms with E-state index in [-0.39, 0.29) is 23.5 Å². The summed E-state index contributed by atoms with van der Waals surface area (Å²) in [6.45, 7) is 10.4. The molecule has 2 aromatic carbocycles. The van der Waals surface area contributed by atoms with Crippen molar-refractivity contribution in [3.63, 3.8) is 0 Å². The summed E-state index contributed by atoms with van der Waals surface area (Å²) in [6.07, 6.45) is 0. The largest absolute Gasteiger partial charge is 0.496 e. The second kappa shape index (κ2) is 8.31. The van der Waals surface area contributed by atoms with E-state index in [9.17, 15) is 8.42 Å². The van der Waals surface area contributed by atoms with Crippen molar-refractivity contribution >= 4 is 10.0 Å². The third-order valence-corrected chi connectivity index (χ3v) is 5.93. The van der Waals surface area contributed by atoms with Crippen LogP contribution in [0.15, 0.2) is 41.3 Å². The number of benzene rings is 2. The molecule has 0 fully saturated rings. The van der Waals surface area contributed by atoms with E-state index in [1.807, 2.05) is 31.2 Å². The van der Waals surface area contributed by atoms with Crippen molar-refractivity contribution < 1.29 is 17.9 Å². The number of ether oxygens (including phenoxy) is 2. The van der Waals surface area contributed by atoms with Crippen LogP contribution in [0.1, 0.15) is 37.5 Å². The van der Waals surface area contributed by atoms with Crippen LogP contribution in [0, 0.1) is 13.8 Å². The summed E-state index contributed by atoms with van der Waals surface area (Å²) < 4.78 is 39.0. The van der Waals surface area contributed by atoms with Gasteiger partial charge in [0.2, 0.25) is 10.0 Å². The summed E-state index contributed by atoms with van der Waals surface area (Å²) in [5.41, 5.74) is 2.46. The molecule has 5 nitrogen and oxygen atoms in total. The van der Waals surface area contributed by atoms with Gasteiger partial charge in [0, 0.05) is 6.54 Å². The van der Waals surface area contributed by atoms with Crippen LogP contribution in [0.25, 0.3) is 0 Å². The molecule has 0 radical (unpaired) electrons. The van der Waals surface area contributed by atoms with Crippen LogP contribution in [-0.4, -0.2) is 28.7 Å². The lowest BCUT2D eigenvalue weighted by molar-refractivity contribution is 0.314. The molecule has 1 N–H and O–H groups in total. The Kier molecular flexibility index (Phi) is 6.54. The van der Waals surface area contributed by atoms with Gasteiger partial charge in [0.05, 0.1) is 12.0 Å².